The molecule has 0 saturated heterocycles. The first-order valence-corrected chi connectivity index (χ1v) is 4.63. The fraction of sp³-hybridized carbons (Fsp3) is 1.00. The fourth-order valence-corrected chi connectivity index (χ4v) is 1.39. The third-order valence-electron chi connectivity index (χ3n) is 0.734. The van der Waals surface area contributed by atoms with Crippen LogP contribution in [0, 0.1) is 0 Å². The molecule has 0 aromatic heterocycles. The van der Waals surface area contributed by atoms with E-state index in [-0.39, 0.29) is 13.2 Å². The van der Waals surface area contributed by atoms with Crippen LogP contribution < -0.4 is 0 Å². The molecule has 0 unspecified atom stereocenters. The Balaban J connectivity index is 4.25. The molecule has 0 heterocycles. The van der Waals surface area contributed by atoms with Crippen LogP contribution in [-0.2, 0) is 13.6 Å². The zero-order chi connectivity index (χ0) is 8.74. The molecule has 6 nitrogen and oxygen atoms in total. The lowest BCUT2D eigenvalue weighted by Gasteiger charge is -2.09. The molecule has 0 aliphatic rings. The summed E-state index contributed by atoms with van der Waals surface area (Å²) < 4.78 is 20.4. The maximum Gasteiger partial charge on any atom is 0.420 e. The third-order valence-corrected chi connectivity index (χ3v) is 2.20. The molecule has 0 fully saturated rings. The van der Waals surface area contributed by atoms with Crippen LogP contribution in [0.3, 0.4) is 0 Å². The number of rotatable bonds is 5. The van der Waals surface area contributed by atoms with Crippen LogP contribution in [-0.4, -0.2) is 13.2 Å². The molecule has 11 heavy (non-hydrogen) atoms. The van der Waals surface area contributed by atoms with E-state index in [1.807, 2.05) is 0 Å². The molecule has 0 radical (unpaired) electrons. The summed E-state index contributed by atoms with van der Waals surface area (Å²) in [7, 11) is -3.51. The summed E-state index contributed by atoms with van der Waals surface area (Å²) >= 11 is 0. The Morgan fingerprint density at radius 1 is 1.45 bits per heavy atom. The molecule has 0 amide bonds. The van der Waals surface area contributed by atoms with E-state index in [2.05, 4.69) is 18.8 Å². The molecule has 0 aliphatic carbocycles. The average Bonchev–Trinajstić information content (AvgIpc) is 1.88. The quantitative estimate of drug-likeness (QED) is 0.281. The van der Waals surface area contributed by atoms with Gasteiger partial charge in [-0.15, -0.1) is 0 Å². The summed E-state index contributed by atoms with van der Waals surface area (Å²) in [5.74, 6) is 0. The van der Waals surface area contributed by atoms with Crippen molar-refractivity contribution in [2.45, 2.75) is 13.8 Å². The van der Waals surface area contributed by atoms with Gasteiger partial charge in [0.1, 0.15) is 0 Å². The molecular formula is C4H10N3O3P. The lowest BCUT2D eigenvalue weighted by atomic mass is 10.9. The number of hydrogen-bond acceptors (Lipinski definition) is 3. The van der Waals surface area contributed by atoms with Gasteiger partial charge in [-0.1, -0.05) is 0 Å². The Morgan fingerprint density at radius 3 is 2.18 bits per heavy atom. The largest absolute Gasteiger partial charge is 0.420 e. The third kappa shape index (κ3) is 4.01. The Labute approximate surface area is 64.7 Å². The molecule has 64 valence electrons. The van der Waals surface area contributed by atoms with Gasteiger partial charge in [-0.3, -0.25) is 4.57 Å². The molecule has 0 spiro atoms. The van der Waals surface area contributed by atoms with Crippen LogP contribution in [0.25, 0.3) is 10.4 Å². The Hall–Kier alpha value is -0.540. The molecule has 0 atom stereocenters. The molecule has 0 aromatic rings. The Kier molecular flexibility index (Phi) is 4.90. The minimum atomic E-state index is -3.51. The summed E-state index contributed by atoms with van der Waals surface area (Å²) in [4.78, 5) is 5.28. The standard InChI is InChI=1S/C4H10N3O3P/c1-3-9-11(8,7-6-5)10-4-2/h3-4H2,1-2H3. The van der Waals surface area contributed by atoms with Crippen LogP contribution in [0.4, 0.5) is 0 Å². The van der Waals surface area contributed by atoms with Crippen molar-refractivity contribution in [1.29, 1.82) is 0 Å². The molecule has 0 saturated carbocycles. The maximum absolute atomic E-state index is 11.1. The predicted molar refractivity (Wildman–Crippen MR) is 40.0 cm³/mol. The van der Waals surface area contributed by atoms with Crippen molar-refractivity contribution in [3.05, 3.63) is 10.4 Å². The van der Waals surface area contributed by atoms with Crippen molar-refractivity contribution >= 4 is 7.75 Å². The molecule has 0 aliphatic heterocycles. The minimum absolute atomic E-state index is 0.191. The van der Waals surface area contributed by atoms with Gasteiger partial charge in [-0.2, -0.15) is 0 Å². The zero-order valence-electron chi connectivity index (χ0n) is 6.43. The van der Waals surface area contributed by atoms with E-state index < -0.39 is 7.75 Å². The van der Waals surface area contributed by atoms with Crippen molar-refractivity contribution in [2.24, 2.45) is 4.88 Å². The Morgan fingerprint density at radius 2 is 1.91 bits per heavy atom. The van der Waals surface area contributed by atoms with Crippen LogP contribution in [0.5, 0.6) is 0 Å². The van der Waals surface area contributed by atoms with Gasteiger partial charge in [-0.25, -0.2) is 0 Å². The van der Waals surface area contributed by atoms with Crippen LogP contribution >= 0.6 is 7.75 Å². The molecule has 0 rings (SSSR count). The molecule has 0 bridgehead atoms. The molecule has 7 heteroatoms. The first-order chi connectivity index (χ1) is 5.18. The van der Waals surface area contributed by atoms with Gasteiger partial charge in [-0.05, 0) is 19.4 Å². The minimum Gasteiger partial charge on any atom is -0.304 e. The van der Waals surface area contributed by atoms with Crippen molar-refractivity contribution in [2.75, 3.05) is 13.2 Å². The zero-order valence-corrected chi connectivity index (χ0v) is 7.32. The van der Waals surface area contributed by atoms with E-state index in [4.69, 9.17) is 5.53 Å². The van der Waals surface area contributed by atoms with E-state index in [1.54, 1.807) is 13.8 Å². The number of nitrogens with zero attached hydrogens (tertiary/aromatic N) is 3. The highest BCUT2D eigenvalue weighted by Crippen LogP contribution is 2.49. The summed E-state index contributed by atoms with van der Waals surface area (Å²) in [6.07, 6.45) is 0. The monoisotopic (exact) mass is 179 g/mol. The van der Waals surface area contributed by atoms with Crippen molar-refractivity contribution < 1.29 is 13.6 Å². The molecular weight excluding hydrogens is 169 g/mol. The van der Waals surface area contributed by atoms with Crippen molar-refractivity contribution in [3.8, 4) is 0 Å². The SMILES string of the molecule is CCOP(=O)(N=[N+]=[N-])OCC. The van der Waals surface area contributed by atoms with Gasteiger partial charge in [0.05, 0.1) is 13.2 Å². The van der Waals surface area contributed by atoms with E-state index in [0.717, 1.165) is 0 Å². The van der Waals surface area contributed by atoms with E-state index in [9.17, 15) is 4.57 Å². The summed E-state index contributed by atoms with van der Waals surface area (Å²) in [6.45, 7) is 3.66. The lowest BCUT2D eigenvalue weighted by molar-refractivity contribution is 0.220. The van der Waals surface area contributed by atoms with E-state index in [1.165, 1.54) is 0 Å². The first-order valence-electron chi connectivity index (χ1n) is 3.14. The fourth-order valence-electron chi connectivity index (χ4n) is 0.464. The highest BCUT2D eigenvalue weighted by Gasteiger charge is 2.20. The highest BCUT2D eigenvalue weighted by molar-refractivity contribution is 7.52. The Bertz CT molecular complexity index is 191. The first kappa shape index (κ1) is 10.5. The average molecular weight is 179 g/mol. The summed E-state index contributed by atoms with van der Waals surface area (Å²) in [5.41, 5.74) is 7.98. The molecule has 0 N–H and O–H groups in total. The van der Waals surface area contributed by atoms with Gasteiger partial charge in [0.15, 0.2) is 0 Å². The van der Waals surface area contributed by atoms with Crippen LogP contribution in [0.15, 0.2) is 4.88 Å². The molecule has 0 aromatic carbocycles. The van der Waals surface area contributed by atoms with Crippen molar-refractivity contribution in [3.63, 3.8) is 0 Å². The van der Waals surface area contributed by atoms with E-state index in [0.29, 0.717) is 0 Å². The van der Waals surface area contributed by atoms with Gasteiger partial charge in [0, 0.05) is 9.80 Å². The van der Waals surface area contributed by atoms with Gasteiger partial charge >= 0.3 is 7.75 Å². The smallest absolute Gasteiger partial charge is 0.304 e. The van der Waals surface area contributed by atoms with Crippen LogP contribution in [0.2, 0.25) is 0 Å². The maximum atomic E-state index is 11.1. The highest BCUT2D eigenvalue weighted by atomic mass is 31.2. The van der Waals surface area contributed by atoms with Gasteiger partial charge < -0.3 is 9.05 Å². The topological polar surface area (TPSA) is 84.3 Å². The second kappa shape index (κ2) is 5.16. The van der Waals surface area contributed by atoms with Crippen LogP contribution in [0.1, 0.15) is 13.8 Å². The lowest BCUT2D eigenvalue weighted by Crippen LogP contribution is -1.91. The second-order valence-electron chi connectivity index (χ2n) is 1.48. The van der Waals surface area contributed by atoms with E-state index >= 15 is 0 Å². The predicted octanol–water partition coefficient (Wildman–Crippen LogP) is 2.48. The normalized spacial score (nSPS) is 10.7. The van der Waals surface area contributed by atoms with Gasteiger partial charge in [0.2, 0.25) is 0 Å². The van der Waals surface area contributed by atoms with Gasteiger partial charge in [0.25, 0.3) is 0 Å². The summed E-state index contributed by atoms with van der Waals surface area (Å²) in [5, 5.41) is 0. The number of hydrogen-bond donors (Lipinski definition) is 0. The number of azide groups is 1. The van der Waals surface area contributed by atoms with Crippen molar-refractivity contribution in [1.82, 2.24) is 0 Å². The second-order valence-corrected chi connectivity index (χ2v) is 3.12. The summed E-state index contributed by atoms with van der Waals surface area (Å²) in [6, 6.07) is 0.